The molecule has 0 aliphatic carbocycles. The number of nitriles is 1. The quantitative estimate of drug-likeness (QED) is 0.210. The van der Waals surface area contributed by atoms with Gasteiger partial charge in [0, 0.05) is 21.9 Å². The summed E-state index contributed by atoms with van der Waals surface area (Å²) in [5.74, 6) is 1.16. The Labute approximate surface area is 250 Å². The van der Waals surface area contributed by atoms with Gasteiger partial charge in [0.25, 0.3) is 0 Å². The van der Waals surface area contributed by atoms with Crippen LogP contribution < -0.4 is 0 Å². The van der Waals surface area contributed by atoms with E-state index in [1.54, 1.807) is 6.20 Å². The van der Waals surface area contributed by atoms with Gasteiger partial charge in [0.15, 0.2) is 5.82 Å². The maximum Gasteiger partial charge on any atom is 0.186 e. The predicted molar refractivity (Wildman–Crippen MR) is 174 cm³/mol. The van der Waals surface area contributed by atoms with E-state index in [1.807, 2.05) is 42.5 Å². The SMILES string of the molecule is CC(C)c1cccc(C(C)C)c1-c1cnnc(-c2cccc3c2oc2c(-c4ccc5ccccc5c4)c(C#N)ccc23)n1. The Kier molecular flexibility index (Phi) is 6.48. The first kappa shape index (κ1) is 26.6. The fourth-order valence-electron chi connectivity index (χ4n) is 6.15. The molecule has 0 fully saturated rings. The van der Waals surface area contributed by atoms with Gasteiger partial charge in [-0.05, 0) is 63.6 Å². The van der Waals surface area contributed by atoms with Gasteiger partial charge in [-0.2, -0.15) is 10.4 Å². The Balaban J connectivity index is 1.45. The normalized spacial score (nSPS) is 11.7. The molecule has 2 heterocycles. The third-order valence-corrected chi connectivity index (χ3v) is 8.25. The summed E-state index contributed by atoms with van der Waals surface area (Å²) >= 11 is 0. The smallest absolute Gasteiger partial charge is 0.186 e. The molecule has 0 aliphatic heterocycles. The summed E-state index contributed by atoms with van der Waals surface area (Å²) in [6.45, 7) is 8.82. The summed E-state index contributed by atoms with van der Waals surface area (Å²) in [5.41, 5.74) is 8.80. The molecule has 2 aromatic heterocycles. The minimum Gasteiger partial charge on any atom is -0.455 e. The van der Waals surface area contributed by atoms with Gasteiger partial charge in [0.1, 0.15) is 11.2 Å². The molecule has 7 aromatic rings. The highest BCUT2D eigenvalue weighted by molar-refractivity contribution is 6.13. The van der Waals surface area contributed by atoms with Gasteiger partial charge in [0.2, 0.25) is 0 Å². The van der Waals surface area contributed by atoms with E-state index < -0.39 is 0 Å². The molecule has 43 heavy (non-hydrogen) atoms. The number of benzene rings is 5. The first-order chi connectivity index (χ1) is 20.9. The Morgan fingerprint density at radius 2 is 1.42 bits per heavy atom. The van der Waals surface area contributed by atoms with E-state index in [1.165, 1.54) is 11.1 Å². The van der Waals surface area contributed by atoms with Crippen molar-refractivity contribution in [2.75, 3.05) is 0 Å². The van der Waals surface area contributed by atoms with E-state index in [0.717, 1.165) is 49.5 Å². The van der Waals surface area contributed by atoms with Crippen LogP contribution in [0.4, 0.5) is 0 Å². The van der Waals surface area contributed by atoms with Crippen LogP contribution in [0.2, 0.25) is 0 Å². The Hall–Kier alpha value is -5.34. The molecule has 0 spiro atoms. The van der Waals surface area contributed by atoms with E-state index >= 15 is 0 Å². The molecule has 5 heteroatoms. The first-order valence-corrected chi connectivity index (χ1v) is 14.7. The number of nitrogens with zero attached hydrogens (tertiary/aromatic N) is 4. The third kappa shape index (κ3) is 4.43. The second-order valence-corrected chi connectivity index (χ2v) is 11.6. The molecule has 7 rings (SSSR count). The lowest BCUT2D eigenvalue weighted by Gasteiger charge is -2.19. The van der Waals surface area contributed by atoms with Crippen LogP contribution in [0.5, 0.6) is 0 Å². The largest absolute Gasteiger partial charge is 0.455 e. The lowest BCUT2D eigenvalue weighted by Crippen LogP contribution is -2.03. The van der Waals surface area contributed by atoms with Crippen LogP contribution in [0.25, 0.3) is 66.5 Å². The summed E-state index contributed by atoms with van der Waals surface area (Å²) in [7, 11) is 0. The molecule has 5 nitrogen and oxygen atoms in total. The second-order valence-electron chi connectivity index (χ2n) is 11.6. The first-order valence-electron chi connectivity index (χ1n) is 14.7. The summed E-state index contributed by atoms with van der Waals surface area (Å²) < 4.78 is 6.69. The molecular weight excluding hydrogens is 528 g/mol. The van der Waals surface area contributed by atoms with Gasteiger partial charge >= 0.3 is 0 Å². The van der Waals surface area contributed by atoms with Crippen LogP contribution in [0.3, 0.4) is 0 Å². The van der Waals surface area contributed by atoms with Crippen molar-refractivity contribution in [2.45, 2.75) is 39.5 Å². The molecular formula is C38H30N4O. The van der Waals surface area contributed by atoms with E-state index in [9.17, 15) is 5.26 Å². The monoisotopic (exact) mass is 558 g/mol. The highest BCUT2D eigenvalue weighted by Crippen LogP contribution is 2.42. The molecule has 0 amide bonds. The van der Waals surface area contributed by atoms with Crippen molar-refractivity contribution < 1.29 is 4.42 Å². The molecule has 0 aliphatic rings. The molecule has 0 bridgehead atoms. The molecule has 0 N–H and O–H groups in total. The average molecular weight is 559 g/mol. The number of furan rings is 1. The zero-order chi connectivity index (χ0) is 29.7. The maximum atomic E-state index is 10.1. The molecule has 208 valence electrons. The highest BCUT2D eigenvalue weighted by Gasteiger charge is 2.22. The minimum absolute atomic E-state index is 0.328. The predicted octanol–water partition coefficient (Wildman–Crippen LogP) is 10.0. The fraction of sp³-hybridized carbons (Fsp3) is 0.158. The Morgan fingerprint density at radius 1 is 0.698 bits per heavy atom. The van der Waals surface area contributed by atoms with Crippen LogP contribution in [-0.2, 0) is 0 Å². The highest BCUT2D eigenvalue weighted by atomic mass is 16.3. The summed E-state index contributed by atoms with van der Waals surface area (Å²) in [4.78, 5) is 5.08. The number of rotatable bonds is 5. The van der Waals surface area contributed by atoms with Crippen molar-refractivity contribution in [1.82, 2.24) is 15.2 Å². The molecule has 0 radical (unpaired) electrons. The van der Waals surface area contributed by atoms with E-state index in [0.29, 0.717) is 34.4 Å². The third-order valence-electron chi connectivity index (χ3n) is 8.25. The molecule has 0 atom stereocenters. The lowest BCUT2D eigenvalue weighted by atomic mass is 9.87. The van der Waals surface area contributed by atoms with Gasteiger partial charge < -0.3 is 4.42 Å². The van der Waals surface area contributed by atoms with Crippen LogP contribution in [0.1, 0.15) is 56.2 Å². The zero-order valence-corrected chi connectivity index (χ0v) is 24.6. The molecule has 5 aromatic carbocycles. The van der Waals surface area contributed by atoms with Crippen LogP contribution >= 0.6 is 0 Å². The number of para-hydroxylation sites is 1. The van der Waals surface area contributed by atoms with Gasteiger partial charge in [0.05, 0.1) is 29.1 Å². The van der Waals surface area contributed by atoms with Crippen LogP contribution in [0, 0.1) is 11.3 Å². The van der Waals surface area contributed by atoms with Crippen molar-refractivity contribution in [2.24, 2.45) is 0 Å². The van der Waals surface area contributed by atoms with Crippen LogP contribution in [0.15, 0.2) is 102 Å². The van der Waals surface area contributed by atoms with Crippen molar-refractivity contribution in [3.05, 3.63) is 114 Å². The van der Waals surface area contributed by atoms with Gasteiger partial charge in [-0.15, -0.1) is 5.10 Å². The second kappa shape index (κ2) is 10.5. The van der Waals surface area contributed by atoms with Crippen molar-refractivity contribution in [3.63, 3.8) is 0 Å². The fourth-order valence-corrected chi connectivity index (χ4v) is 6.15. The van der Waals surface area contributed by atoms with Gasteiger partial charge in [-0.25, -0.2) is 4.98 Å². The average Bonchev–Trinajstić information content (AvgIpc) is 3.42. The van der Waals surface area contributed by atoms with Crippen molar-refractivity contribution in [1.29, 1.82) is 5.26 Å². The number of hydrogen-bond donors (Lipinski definition) is 0. The lowest BCUT2D eigenvalue weighted by molar-refractivity contribution is 0.670. The topological polar surface area (TPSA) is 75.6 Å². The molecule has 0 unspecified atom stereocenters. The summed E-state index contributed by atoms with van der Waals surface area (Å²) in [6.07, 6.45) is 1.76. The van der Waals surface area contributed by atoms with Crippen molar-refractivity contribution in [3.8, 4) is 39.8 Å². The molecule has 0 saturated carbocycles. The maximum absolute atomic E-state index is 10.1. The standard InChI is InChI=1S/C38H30N4O/c1-22(2)28-11-7-12-29(23(3)4)35(28)33-21-40-42-38(41-33)32-14-8-13-30-31-18-17-27(20-39)34(37(31)43-36(30)32)26-16-15-24-9-5-6-10-25(24)19-26/h5-19,21-23H,1-4H3. The summed E-state index contributed by atoms with van der Waals surface area (Å²) in [6, 6.07) is 33.2. The Bertz CT molecular complexity index is 2190. The van der Waals surface area contributed by atoms with E-state index in [-0.39, 0.29) is 0 Å². The number of hydrogen-bond acceptors (Lipinski definition) is 5. The van der Waals surface area contributed by atoms with Crippen molar-refractivity contribution >= 4 is 32.7 Å². The van der Waals surface area contributed by atoms with Gasteiger partial charge in [-0.3, -0.25) is 0 Å². The minimum atomic E-state index is 0.328. The van der Waals surface area contributed by atoms with Crippen LogP contribution in [-0.4, -0.2) is 15.2 Å². The van der Waals surface area contributed by atoms with E-state index in [4.69, 9.17) is 9.40 Å². The van der Waals surface area contributed by atoms with Gasteiger partial charge in [-0.1, -0.05) is 94.4 Å². The number of aromatic nitrogens is 3. The summed E-state index contributed by atoms with van der Waals surface area (Å²) in [5, 5.41) is 23.1. The number of fused-ring (bicyclic) bond motifs is 4. The molecule has 0 saturated heterocycles. The van der Waals surface area contributed by atoms with E-state index in [2.05, 4.69) is 92.5 Å². The zero-order valence-electron chi connectivity index (χ0n) is 24.6. The Morgan fingerprint density at radius 3 is 2.16 bits per heavy atom.